The van der Waals surface area contributed by atoms with E-state index in [4.69, 9.17) is 13.9 Å². The fraction of sp³-hybridized carbons (Fsp3) is 0.375. The zero-order valence-electron chi connectivity index (χ0n) is 20.5. The summed E-state index contributed by atoms with van der Waals surface area (Å²) in [6, 6.07) is 13.7. The summed E-state index contributed by atoms with van der Waals surface area (Å²) in [4.78, 5) is 13.9. The minimum Gasteiger partial charge on any atom is -0.407 e. The smallest absolute Gasteiger partial charge is 0.322 e. The molecule has 0 bridgehead atoms. The molecule has 194 valence electrons. The van der Waals surface area contributed by atoms with Gasteiger partial charge in [0.1, 0.15) is 0 Å². The number of rotatable bonds is 14. The third kappa shape index (κ3) is 7.61. The lowest BCUT2D eigenvalue weighted by molar-refractivity contribution is 0.102. The van der Waals surface area contributed by atoms with Crippen LogP contribution in [0.1, 0.15) is 28.7 Å². The fourth-order valence-electron chi connectivity index (χ4n) is 3.26. The van der Waals surface area contributed by atoms with Crippen molar-refractivity contribution in [2.45, 2.75) is 23.1 Å². The average molecular weight is 535 g/mol. The Morgan fingerprint density at radius 3 is 2.22 bits per heavy atom. The van der Waals surface area contributed by atoms with Gasteiger partial charge in [0.25, 0.3) is 5.91 Å². The second-order valence-corrected chi connectivity index (χ2v) is 10.9. The number of hydrogen-bond acceptors (Lipinski definition) is 9. The van der Waals surface area contributed by atoms with E-state index in [0.717, 1.165) is 11.3 Å². The molecular weight excluding hydrogens is 504 g/mol. The van der Waals surface area contributed by atoms with Crippen molar-refractivity contribution in [3.63, 3.8) is 0 Å². The number of nitrogens with one attached hydrogen (secondary N) is 1. The van der Waals surface area contributed by atoms with Crippen LogP contribution < -0.4 is 5.32 Å². The van der Waals surface area contributed by atoms with E-state index in [1.54, 1.807) is 11.8 Å². The minimum absolute atomic E-state index is 0.0323. The maximum atomic E-state index is 13.0. The van der Waals surface area contributed by atoms with Crippen LogP contribution in [0.5, 0.6) is 0 Å². The third-order valence-corrected chi connectivity index (χ3v) is 7.93. The van der Waals surface area contributed by atoms with Crippen molar-refractivity contribution in [3.05, 3.63) is 65.5 Å². The molecule has 0 saturated heterocycles. The van der Waals surface area contributed by atoms with Crippen LogP contribution in [0.3, 0.4) is 0 Å². The number of nitrogens with zero attached hydrogens (tertiary/aromatic N) is 3. The number of benzene rings is 2. The van der Waals surface area contributed by atoms with Crippen LogP contribution in [-0.4, -0.2) is 75.1 Å². The molecule has 1 amide bonds. The molecule has 12 heteroatoms. The molecule has 0 saturated carbocycles. The van der Waals surface area contributed by atoms with E-state index < -0.39 is 15.9 Å². The lowest BCUT2D eigenvalue weighted by Crippen LogP contribution is -2.36. The van der Waals surface area contributed by atoms with Gasteiger partial charge in [-0.2, -0.15) is 4.31 Å². The molecule has 3 rings (SSSR count). The zero-order valence-corrected chi connectivity index (χ0v) is 22.1. The molecular formula is C24H30N4O6S2. The summed E-state index contributed by atoms with van der Waals surface area (Å²) < 4.78 is 42.9. The van der Waals surface area contributed by atoms with Crippen LogP contribution >= 0.6 is 11.8 Å². The number of sulfonamides is 1. The zero-order chi connectivity index (χ0) is 26.0. The van der Waals surface area contributed by atoms with Gasteiger partial charge in [0.05, 0.1) is 24.5 Å². The van der Waals surface area contributed by atoms with Gasteiger partial charge in [0.2, 0.25) is 15.9 Å². The second kappa shape index (κ2) is 13.5. The molecule has 0 aliphatic heterocycles. The highest BCUT2D eigenvalue weighted by Gasteiger charge is 2.24. The van der Waals surface area contributed by atoms with Gasteiger partial charge in [-0.3, -0.25) is 10.1 Å². The molecule has 0 radical (unpaired) electrons. The fourth-order valence-corrected chi connectivity index (χ4v) is 5.33. The van der Waals surface area contributed by atoms with Gasteiger partial charge in [-0.1, -0.05) is 24.2 Å². The number of ether oxygens (including phenoxy) is 2. The van der Waals surface area contributed by atoms with Crippen molar-refractivity contribution in [1.82, 2.24) is 14.5 Å². The quantitative estimate of drug-likeness (QED) is 0.310. The monoisotopic (exact) mass is 534 g/mol. The Kier molecular flexibility index (Phi) is 10.4. The number of amides is 1. The first-order valence-corrected chi connectivity index (χ1v) is 13.7. The highest BCUT2D eigenvalue weighted by molar-refractivity contribution is 7.99. The molecule has 0 spiro atoms. The summed E-state index contributed by atoms with van der Waals surface area (Å²) >= 11 is 1.76. The number of carbonyl (C=O) groups excluding carboxylic acids is 1. The Balaban J connectivity index is 1.63. The Hall–Kier alpha value is -2.77. The van der Waals surface area contributed by atoms with Crippen LogP contribution in [0, 0.1) is 0 Å². The summed E-state index contributed by atoms with van der Waals surface area (Å²) in [6.45, 7) is 2.97. The Bertz CT molecular complexity index is 1210. The first-order valence-electron chi connectivity index (χ1n) is 11.3. The first kappa shape index (κ1) is 27.8. The van der Waals surface area contributed by atoms with Gasteiger partial charge in [-0.25, -0.2) is 8.42 Å². The lowest BCUT2D eigenvalue weighted by atomic mass is 10.1. The van der Waals surface area contributed by atoms with Gasteiger partial charge in [-0.15, -0.1) is 16.9 Å². The molecule has 1 aromatic heterocycles. The van der Waals surface area contributed by atoms with Crippen LogP contribution in [-0.2, 0) is 25.9 Å². The second-order valence-electron chi connectivity index (χ2n) is 7.62. The molecule has 10 nitrogen and oxygen atoms in total. The summed E-state index contributed by atoms with van der Waals surface area (Å²) in [5.41, 5.74) is 1.26. The summed E-state index contributed by atoms with van der Waals surface area (Å²) in [6.07, 6.45) is 0.440. The van der Waals surface area contributed by atoms with Crippen molar-refractivity contribution < 1.29 is 27.1 Å². The van der Waals surface area contributed by atoms with Crippen LogP contribution in [0.15, 0.2) is 62.7 Å². The maximum absolute atomic E-state index is 13.0. The number of thioether (sulfide) groups is 1. The number of methoxy groups -OCH3 is 2. The molecule has 2 aromatic carbocycles. The number of anilines is 1. The predicted molar refractivity (Wildman–Crippen MR) is 137 cm³/mol. The van der Waals surface area contributed by atoms with Gasteiger partial charge in [0, 0.05) is 37.8 Å². The van der Waals surface area contributed by atoms with Crippen molar-refractivity contribution in [2.75, 3.05) is 51.6 Å². The maximum Gasteiger partial charge on any atom is 0.322 e. The Morgan fingerprint density at radius 1 is 1.00 bits per heavy atom. The molecule has 0 atom stereocenters. The van der Waals surface area contributed by atoms with Crippen molar-refractivity contribution in [3.8, 4) is 0 Å². The minimum atomic E-state index is -3.78. The SMILES string of the molecule is CCSc1ccc(Cc2nnc(NC(=O)c3ccc(S(=O)(=O)N(CCOC)CCOC)cc3)o2)cc1. The van der Waals surface area contributed by atoms with E-state index in [2.05, 4.69) is 22.4 Å². The first-order chi connectivity index (χ1) is 17.4. The number of aromatic nitrogens is 2. The molecule has 0 aliphatic carbocycles. The summed E-state index contributed by atoms with van der Waals surface area (Å²) in [5, 5.41) is 10.4. The highest BCUT2D eigenvalue weighted by atomic mass is 32.2. The summed E-state index contributed by atoms with van der Waals surface area (Å²) in [5.74, 6) is 0.881. The van der Waals surface area contributed by atoms with Gasteiger partial charge in [0.15, 0.2) is 0 Å². The van der Waals surface area contributed by atoms with Crippen LogP contribution in [0.2, 0.25) is 0 Å². The molecule has 1 N–H and O–H groups in total. The highest BCUT2D eigenvalue weighted by Crippen LogP contribution is 2.20. The van der Waals surface area contributed by atoms with Crippen molar-refractivity contribution >= 4 is 33.7 Å². The largest absolute Gasteiger partial charge is 0.407 e. The molecule has 3 aromatic rings. The Morgan fingerprint density at radius 2 is 1.64 bits per heavy atom. The van der Waals surface area contributed by atoms with E-state index in [9.17, 15) is 13.2 Å². The lowest BCUT2D eigenvalue weighted by Gasteiger charge is -2.21. The number of carbonyl (C=O) groups is 1. The van der Waals surface area contributed by atoms with Gasteiger partial charge >= 0.3 is 6.01 Å². The Labute approximate surface area is 215 Å². The average Bonchev–Trinajstić information content (AvgIpc) is 3.32. The van der Waals surface area contributed by atoms with Crippen molar-refractivity contribution in [1.29, 1.82) is 0 Å². The van der Waals surface area contributed by atoms with E-state index in [1.165, 1.54) is 47.7 Å². The van der Waals surface area contributed by atoms with E-state index >= 15 is 0 Å². The van der Waals surface area contributed by atoms with E-state index in [-0.39, 0.29) is 42.8 Å². The van der Waals surface area contributed by atoms with Crippen molar-refractivity contribution in [2.24, 2.45) is 0 Å². The third-order valence-electron chi connectivity index (χ3n) is 5.12. The summed E-state index contributed by atoms with van der Waals surface area (Å²) in [7, 11) is -0.770. The topological polar surface area (TPSA) is 124 Å². The van der Waals surface area contributed by atoms with E-state index in [1.807, 2.05) is 24.3 Å². The molecule has 36 heavy (non-hydrogen) atoms. The van der Waals surface area contributed by atoms with Gasteiger partial charge in [-0.05, 0) is 47.7 Å². The molecule has 0 fully saturated rings. The molecule has 0 unspecified atom stereocenters. The standard InChI is InChI=1S/C24H30N4O6S2/c1-4-35-20-9-5-18(6-10-20)17-22-26-27-24(34-22)25-23(29)19-7-11-21(12-8-19)36(30,31)28(13-15-32-2)14-16-33-3/h5-12H,4,13-17H2,1-3H3,(H,25,27,29). The van der Waals surface area contributed by atoms with E-state index in [0.29, 0.717) is 12.3 Å². The van der Waals surface area contributed by atoms with Crippen LogP contribution in [0.4, 0.5) is 6.01 Å². The normalized spacial score (nSPS) is 11.7. The molecule has 1 heterocycles. The molecule has 0 aliphatic rings. The predicted octanol–water partition coefficient (Wildman–Crippen LogP) is 3.31. The van der Waals surface area contributed by atoms with Gasteiger partial charge < -0.3 is 13.9 Å². The van der Waals surface area contributed by atoms with Crippen LogP contribution in [0.25, 0.3) is 0 Å². The number of hydrogen-bond donors (Lipinski definition) is 1.